The molecule has 0 unspecified atom stereocenters. The Hall–Kier alpha value is -4.96. The van der Waals surface area contributed by atoms with Crippen LogP contribution in [0.2, 0.25) is 0 Å². The third kappa shape index (κ3) is 4.85. The number of ether oxygens (including phenoxy) is 1. The fourth-order valence-corrected chi connectivity index (χ4v) is 4.64. The summed E-state index contributed by atoms with van der Waals surface area (Å²) in [6.07, 6.45) is 1.47. The molecule has 1 aliphatic heterocycles. The molecule has 0 saturated carbocycles. The van der Waals surface area contributed by atoms with Gasteiger partial charge < -0.3 is 19.4 Å². The maximum Gasteiger partial charge on any atom is 0.255 e. The summed E-state index contributed by atoms with van der Waals surface area (Å²) < 4.78 is 25.6. The number of hydrogen-bond acceptors (Lipinski definition) is 8. The first-order chi connectivity index (χ1) is 19.1. The highest BCUT2D eigenvalue weighted by Crippen LogP contribution is 2.43. The largest absolute Gasteiger partial charge is 0.437 e. The molecule has 5 aromatic rings. The average molecular weight is 524 g/mol. The van der Waals surface area contributed by atoms with E-state index in [1.807, 2.05) is 12.1 Å². The van der Waals surface area contributed by atoms with Crippen molar-refractivity contribution in [3.05, 3.63) is 95.4 Å². The van der Waals surface area contributed by atoms with Gasteiger partial charge in [-0.05, 0) is 65.3 Å². The predicted octanol–water partition coefficient (Wildman–Crippen LogP) is 6.18. The lowest BCUT2D eigenvalue weighted by Crippen LogP contribution is -2.36. The molecule has 0 radical (unpaired) electrons. The van der Waals surface area contributed by atoms with Crippen molar-refractivity contribution in [1.82, 2.24) is 9.97 Å². The number of nitrogens with one attached hydrogen (secondary N) is 1. The molecule has 0 aliphatic carbocycles. The van der Waals surface area contributed by atoms with Crippen LogP contribution in [0.15, 0.2) is 88.7 Å². The maximum absolute atomic E-state index is 13.8. The number of anilines is 2. The number of hydrogen-bond donors (Lipinski definition) is 1. The summed E-state index contributed by atoms with van der Waals surface area (Å²) in [7, 11) is 0. The Morgan fingerprint density at radius 3 is 2.44 bits per heavy atom. The summed E-state index contributed by atoms with van der Waals surface area (Å²) in [4.78, 5) is 34.6. The van der Waals surface area contributed by atoms with Crippen molar-refractivity contribution in [1.29, 1.82) is 0 Å². The predicted molar refractivity (Wildman–Crippen MR) is 146 cm³/mol. The van der Waals surface area contributed by atoms with Crippen molar-refractivity contribution in [2.24, 2.45) is 5.18 Å². The standard InChI is InChI=1S/C29H22FN5O4/c30-21-8-4-18(5-9-21)24-25-27(35-12-14-38-15-13-35)31-17-32-29(25)39-26(24)19-6-10-22(11-7-19)33-28(36)20-2-1-3-23(16-20)34-37/h1-11,16-17H,12-15H2,(H,33,36). The fourth-order valence-electron chi connectivity index (χ4n) is 4.64. The minimum atomic E-state index is -0.366. The number of furan rings is 1. The van der Waals surface area contributed by atoms with Crippen LogP contribution in [0.3, 0.4) is 0 Å². The lowest BCUT2D eigenvalue weighted by molar-refractivity contribution is 0.102. The average Bonchev–Trinajstić information content (AvgIpc) is 3.38. The van der Waals surface area contributed by atoms with Gasteiger partial charge >= 0.3 is 0 Å². The first-order valence-electron chi connectivity index (χ1n) is 12.3. The molecule has 9 nitrogen and oxygen atoms in total. The number of carbonyl (C=O) groups is 1. The highest BCUT2D eigenvalue weighted by Gasteiger charge is 2.25. The Morgan fingerprint density at radius 1 is 0.949 bits per heavy atom. The zero-order valence-corrected chi connectivity index (χ0v) is 20.6. The molecule has 194 valence electrons. The second-order valence-electron chi connectivity index (χ2n) is 8.96. The number of aromatic nitrogens is 2. The second kappa shape index (κ2) is 10.4. The first-order valence-corrected chi connectivity index (χ1v) is 12.3. The van der Waals surface area contributed by atoms with Crippen molar-refractivity contribution in [2.45, 2.75) is 0 Å². The lowest BCUT2D eigenvalue weighted by Gasteiger charge is -2.28. The molecule has 1 fully saturated rings. The van der Waals surface area contributed by atoms with Crippen molar-refractivity contribution >= 4 is 34.2 Å². The Kier molecular flexibility index (Phi) is 6.52. The van der Waals surface area contributed by atoms with Crippen LogP contribution in [0.4, 0.5) is 21.6 Å². The molecule has 2 aromatic heterocycles. The number of nitroso groups, excluding NO2 is 1. The monoisotopic (exact) mass is 523 g/mol. The number of benzene rings is 3. The van der Waals surface area contributed by atoms with Gasteiger partial charge in [-0.15, -0.1) is 4.91 Å². The third-order valence-electron chi connectivity index (χ3n) is 6.53. The van der Waals surface area contributed by atoms with Gasteiger partial charge in [0.1, 0.15) is 29.4 Å². The summed E-state index contributed by atoms with van der Waals surface area (Å²) in [5.41, 5.74) is 3.73. The molecule has 1 saturated heterocycles. The maximum atomic E-state index is 13.8. The van der Waals surface area contributed by atoms with E-state index in [4.69, 9.17) is 9.15 Å². The number of halogens is 1. The molecule has 3 heterocycles. The summed E-state index contributed by atoms with van der Waals surface area (Å²) in [5, 5.41) is 6.44. The Morgan fingerprint density at radius 2 is 1.69 bits per heavy atom. The zero-order valence-electron chi connectivity index (χ0n) is 20.6. The summed E-state index contributed by atoms with van der Waals surface area (Å²) in [6.45, 7) is 2.53. The van der Waals surface area contributed by atoms with Gasteiger partial charge in [-0.1, -0.05) is 18.2 Å². The Balaban J connectivity index is 1.40. The molecule has 0 atom stereocenters. The molecule has 6 rings (SSSR count). The summed E-state index contributed by atoms with van der Waals surface area (Å²) >= 11 is 0. The van der Waals surface area contributed by atoms with Gasteiger partial charge in [-0.2, -0.15) is 0 Å². The molecule has 0 spiro atoms. The third-order valence-corrected chi connectivity index (χ3v) is 6.53. The number of fused-ring (bicyclic) bond motifs is 1. The molecule has 1 N–H and O–H groups in total. The van der Waals surface area contributed by atoms with E-state index in [1.165, 1.54) is 30.6 Å². The van der Waals surface area contributed by atoms with Crippen LogP contribution in [0.5, 0.6) is 0 Å². The SMILES string of the molecule is O=Nc1cccc(C(=O)Nc2ccc(-c3oc4ncnc(N5CCOCC5)c4c3-c3ccc(F)cc3)cc2)c1. The van der Waals surface area contributed by atoms with E-state index in [1.54, 1.807) is 36.4 Å². The Labute approximate surface area is 222 Å². The van der Waals surface area contributed by atoms with Gasteiger partial charge in [-0.3, -0.25) is 4.79 Å². The summed E-state index contributed by atoms with van der Waals surface area (Å²) in [6, 6.07) is 19.5. The topological polar surface area (TPSA) is 110 Å². The van der Waals surface area contributed by atoms with Crippen LogP contribution in [0.1, 0.15) is 10.4 Å². The lowest BCUT2D eigenvalue weighted by atomic mass is 9.99. The van der Waals surface area contributed by atoms with Crippen LogP contribution in [-0.4, -0.2) is 42.2 Å². The van der Waals surface area contributed by atoms with Crippen LogP contribution in [0, 0.1) is 10.7 Å². The van der Waals surface area contributed by atoms with E-state index in [0.29, 0.717) is 49.0 Å². The van der Waals surface area contributed by atoms with E-state index >= 15 is 0 Å². The van der Waals surface area contributed by atoms with Crippen LogP contribution >= 0.6 is 0 Å². The van der Waals surface area contributed by atoms with Crippen LogP contribution in [-0.2, 0) is 4.74 Å². The number of amides is 1. The molecular formula is C29H22FN5O4. The van der Waals surface area contributed by atoms with Gasteiger partial charge in [0.2, 0.25) is 5.71 Å². The van der Waals surface area contributed by atoms with Crippen molar-refractivity contribution in [3.8, 4) is 22.5 Å². The smallest absolute Gasteiger partial charge is 0.255 e. The van der Waals surface area contributed by atoms with E-state index in [0.717, 1.165) is 27.9 Å². The molecule has 1 amide bonds. The Bertz CT molecular complexity index is 1660. The number of morpholine rings is 1. The molecule has 0 bridgehead atoms. The molecule has 39 heavy (non-hydrogen) atoms. The van der Waals surface area contributed by atoms with Crippen molar-refractivity contribution in [3.63, 3.8) is 0 Å². The van der Waals surface area contributed by atoms with E-state index < -0.39 is 0 Å². The van der Waals surface area contributed by atoms with E-state index in [-0.39, 0.29) is 17.4 Å². The highest BCUT2D eigenvalue weighted by molar-refractivity contribution is 6.07. The minimum absolute atomic E-state index is 0.177. The van der Waals surface area contributed by atoms with Crippen molar-refractivity contribution in [2.75, 3.05) is 36.5 Å². The van der Waals surface area contributed by atoms with Gasteiger partial charge in [0.25, 0.3) is 5.91 Å². The number of carbonyl (C=O) groups excluding carboxylic acids is 1. The molecular weight excluding hydrogens is 501 g/mol. The van der Waals surface area contributed by atoms with Crippen molar-refractivity contribution < 1.29 is 18.3 Å². The van der Waals surface area contributed by atoms with E-state index in [2.05, 4.69) is 25.4 Å². The van der Waals surface area contributed by atoms with Crippen LogP contribution in [0.25, 0.3) is 33.6 Å². The van der Waals surface area contributed by atoms with Gasteiger partial charge in [0.15, 0.2) is 0 Å². The highest BCUT2D eigenvalue weighted by atomic mass is 19.1. The van der Waals surface area contributed by atoms with Gasteiger partial charge in [0, 0.05) is 35.5 Å². The van der Waals surface area contributed by atoms with Gasteiger partial charge in [0.05, 0.1) is 18.6 Å². The number of nitrogens with zero attached hydrogens (tertiary/aromatic N) is 4. The fraction of sp³-hybridized carbons (Fsp3) is 0.138. The normalized spacial score (nSPS) is 13.4. The quantitative estimate of drug-likeness (QED) is 0.265. The second-order valence-corrected chi connectivity index (χ2v) is 8.96. The number of rotatable bonds is 6. The van der Waals surface area contributed by atoms with E-state index in [9.17, 15) is 14.1 Å². The molecule has 1 aliphatic rings. The van der Waals surface area contributed by atoms with Gasteiger partial charge in [-0.25, -0.2) is 14.4 Å². The first kappa shape index (κ1) is 24.4. The van der Waals surface area contributed by atoms with Crippen LogP contribution < -0.4 is 10.2 Å². The zero-order chi connectivity index (χ0) is 26.8. The summed E-state index contributed by atoms with van der Waals surface area (Å²) in [5.74, 6) is 0.574. The molecule has 10 heteroatoms. The minimum Gasteiger partial charge on any atom is -0.437 e. The molecule has 3 aromatic carbocycles.